The van der Waals surface area contributed by atoms with Crippen LogP contribution in [0.4, 0.5) is 0 Å². The molecule has 1 aromatic heterocycles. The molecule has 0 radical (unpaired) electrons. The highest BCUT2D eigenvalue weighted by Gasteiger charge is 2.19. The normalized spacial score (nSPS) is 10.0. The number of esters is 1. The molecule has 5 heteroatoms. The number of hydrogen-bond acceptors (Lipinski definition) is 4. The van der Waals surface area contributed by atoms with Crippen LogP contribution in [0.3, 0.4) is 0 Å². The van der Waals surface area contributed by atoms with Crippen LogP contribution in [0.1, 0.15) is 29.4 Å². The first-order valence-electron chi connectivity index (χ1n) is 3.99. The first-order valence-corrected chi connectivity index (χ1v) is 3.99. The van der Waals surface area contributed by atoms with E-state index < -0.39 is 11.6 Å². The summed E-state index contributed by atoms with van der Waals surface area (Å²) in [5, 5.41) is 2.40. The minimum absolute atomic E-state index is 0.0237. The number of hydrogen-bond donors (Lipinski definition) is 1. The lowest BCUT2D eigenvalue weighted by Gasteiger charge is -1.96. The molecule has 0 saturated heterocycles. The van der Waals surface area contributed by atoms with Crippen molar-refractivity contribution >= 4 is 5.97 Å². The van der Waals surface area contributed by atoms with Crippen LogP contribution in [-0.4, -0.2) is 18.2 Å². The third-order valence-corrected chi connectivity index (χ3v) is 1.66. The summed E-state index contributed by atoms with van der Waals surface area (Å²) in [5.74, 6) is -0.654. The molecule has 1 rings (SSSR count). The minimum Gasteiger partial charge on any atom is -0.465 e. The van der Waals surface area contributed by atoms with Crippen LogP contribution in [-0.2, 0) is 11.2 Å². The highest BCUT2D eigenvalue weighted by atomic mass is 16.5. The van der Waals surface area contributed by atoms with Crippen molar-refractivity contribution in [3.63, 3.8) is 0 Å². The Balaban J connectivity index is 3.08. The summed E-state index contributed by atoms with van der Waals surface area (Å²) in [7, 11) is 1.23. The highest BCUT2D eigenvalue weighted by molar-refractivity contribution is 5.89. The highest BCUT2D eigenvalue weighted by Crippen LogP contribution is 2.05. The zero-order valence-corrected chi connectivity index (χ0v) is 7.55. The summed E-state index contributed by atoms with van der Waals surface area (Å²) in [6.07, 6.45) is 1.41. The Bertz CT molecular complexity index is 349. The molecule has 13 heavy (non-hydrogen) atoms. The van der Waals surface area contributed by atoms with Gasteiger partial charge in [-0.15, -0.1) is 0 Å². The van der Waals surface area contributed by atoms with Gasteiger partial charge in [0.15, 0.2) is 5.56 Å². The Morgan fingerprint density at radius 2 is 2.31 bits per heavy atom. The standard InChI is InChI=1S/C8H11NO4/c1-3-4-5-6(7(10)12-2)8(11)13-9-5/h9H,3-4H2,1-2H3. The van der Waals surface area contributed by atoms with Crippen molar-refractivity contribution in [3.05, 3.63) is 21.7 Å². The van der Waals surface area contributed by atoms with E-state index in [4.69, 9.17) is 0 Å². The number of aryl methyl sites for hydroxylation is 1. The van der Waals surface area contributed by atoms with Crippen LogP contribution < -0.4 is 5.63 Å². The zero-order chi connectivity index (χ0) is 9.84. The fraction of sp³-hybridized carbons (Fsp3) is 0.500. The van der Waals surface area contributed by atoms with Crippen molar-refractivity contribution in [1.82, 2.24) is 5.16 Å². The largest absolute Gasteiger partial charge is 0.465 e. The number of rotatable bonds is 3. The number of H-pyrrole nitrogens is 1. The van der Waals surface area contributed by atoms with Crippen LogP contribution in [0.25, 0.3) is 0 Å². The lowest BCUT2D eigenvalue weighted by Crippen LogP contribution is -2.13. The molecule has 0 aliphatic rings. The van der Waals surface area contributed by atoms with E-state index >= 15 is 0 Å². The van der Waals surface area contributed by atoms with E-state index in [2.05, 4.69) is 14.4 Å². The Hall–Kier alpha value is -1.52. The Morgan fingerprint density at radius 1 is 1.62 bits per heavy atom. The van der Waals surface area contributed by atoms with Crippen LogP contribution >= 0.6 is 0 Å². The van der Waals surface area contributed by atoms with E-state index in [1.54, 1.807) is 0 Å². The van der Waals surface area contributed by atoms with Gasteiger partial charge < -0.3 is 9.26 Å². The van der Waals surface area contributed by atoms with Gasteiger partial charge in [0.05, 0.1) is 12.8 Å². The predicted octanol–water partition coefficient (Wildman–Crippen LogP) is 0.707. The van der Waals surface area contributed by atoms with Crippen LogP contribution in [0.15, 0.2) is 9.32 Å². The SMILES string of the molecule is CCCc1[nH]oc(=O)c1C(=O)OC. The topological polar surface area (TPSA) is 72.3 Å². The number of aromatic nitrogens is 1. The second-order valence-electron chi connectivity index (χ2n) is 2.59. The van der Waals surface area contributed by atoms with E-state index in [-0.39, 0.29) is 5.56 Å². The fourth-order valence-corrected chi connectivity index (χ4v) is 1.07. The Morgan fingerprint density at radius 3 is 2.85 bits per heavy atom. The van der Waals surface area contributed by atoms with Gasteiger partial charge >= 0.3 is 11.6 Å². The third-order valence-electron chi connectivity index (χ3n) is 1.66. The second-order valence-corrected chi connectivity index (χ2v) is 2.59. The summed E-state index contributed by atoms with van der Waals surface area (Å²) >= 11 is 0. The molecule has 72 valence electrons. The van der Waals surface area contributed by atoms with Gasteiger partial charge in [0.1, 0.15) is 0 Å². The molecular formula is C8H11NO4. The van der Waals surface area contributed by atoms with Crippen molar-refractivity contribution in [3.8, 4) is 0 Å². The number of methoxy groups -OCH3 is 1. The molecule has 0 amide bonds. The molecule has 0 atom stereocenters. The third kappa shape index (κ3) is 1.80. The van der Waals surface area contributed by atoms with Crippen molar-refractivity contribution in [2.24, 2.45) is 0 Å². The van der Waals surface area contributed by atoms with Crippen LogP contribution in [0.5, 0.6) is 0 Å². The van der Waals surface area contributed by atoms with Crippen molar-refractivity contribution in [2.75, 3.05) is 7.11 Å². The predicted molar refractivity (Wildman–Crippen MR) is 44.7 cm³/mol. The number of ether oxygens (including phenoxy) is 1. The molecule has 0 aliphatic carbocycles. The number of carbonyl (C=O) groups is 1. The average Bonchev–Trinajstić information content (AvgIpc) is 2.47. The number of aromatic amines is 1. The molecule has 0 spiro atoms. The summed E-state index contributed by atoms with van der Waals surface area (Å²) in [6, 6.07) is 0. The van der Waals surface area contributed by atoms with E-state index in [0.29, 0.717) is 12.1 Å². The van der Waals surface area contributed by atoms with Gasteiger partial charge in [-0.1, -0.05) is 13.3 Å². The molecule has 0 aromatic carbocycles. The van der Waals surface area contributed by atoms with Gasteiger partial charge in [0.2, 0.25) is 0 Å². The van der Waals surface area contributed by atoms with Gasteiger partial charge in [0.25, 0.3) is 0 Å². The minimum atomic E-state index is -0.671. The van der Waals surface area contributed by atoms with Gasteiger partial charge in [0, 0.05) is 0 Å². The average molecular weight is 185 g/mol. The quantitative estimate of drug-likeness (QED) is 0.704. The van der Waals surface area contributed by atoms with E-state index in [9.17, 15) is 9.59 Å². The van der Waals surface area contributed by atoms with Crippen molar-refractivity contribution in [2.45, 2.75) is 19.8 Å². The number of carbonyl (C=O) groups excluding carboxylic acids is 1. The summed E-state index contributed by atoms with van der Waals surface area (Å²) < 4.78 is 8.93. The van der Waals surface area contributed by atoms with E-state index in [0.717, 1.165) is 6.42 Å². The van der Waals surface area contributed by atoms with Crippen molar-refractivity contribution < 1.29 is 14.1 Å². The molecule has 0 saturated carbocycles. The lowest BCUT2D eigenvalue weighted by molar-refractivity contribution is 0.0597. The maximum atomic E-state index is 11.1. The van der Waals surface area contributed by atoms with Crippen molar-refractivity contribution in [1.29, 1.82) is 0 Å². The van der Waals surface area contributed by atoms with E-state index in [1.165, 1.54) is 7.11 Å². The Kier molecular flexibility index (Phi) is 2.89. The monoisotopic (exact) mass is 185 g/mol. The number of nitrogens with one attached hydrogen (secondary N) is 1. The summed E-state index contributed by atoms with van der Waals surface area (Å²) in [4.78, 5) is 22.1. The smallest absolute Gasteiger partial charge is 0.372 e. The first-order chi connectivity index (χ1) is 6.20. The maximum absolute atomic E-state index is 11.1. The van der Waals surface area contributed by atoms with Crippen LogP contribution in [0, 0.1) is 0 Å². The lowest BCUT2D eigenvalue weighted by atomic mass is 10.2. The Labute approximate surface area is 74.7 Å². The molecular weight excluding hydrogens is 174 g/mol. The maximum Gasteiger partial charge on any atom is 0.372 e. The fourth-order valence-electron chi connectivity index (χ4n) is 1.07. The molecule has 0 aliphatic heterocycles. The molecule has 1 heterocycles. The van der Waals surface area contributed by atoms with Gasteiger partial charge in [-0.3, -0.25) is 0 Å². The molecule has 0 bridgehead atoms. The first kappa shape index (κ1) is 9.57. The molecule has 0 unspecified atom stereocenters. The molecule has 5 nitrogen and oxygen atoms in total. The van der Waals surface area contributed by atoms with Gasteiger partial charge in [-0.05, 0) is 6.42 Å². The zero-order valence-electron chi connectivity index (χ0n) is 7.55. The molecule has 1 aromatic rings. The van der Waals surface area contributed by atoms with E-state index in [1.807, 2.05) is 6.92 Å². The molecule has 0 fully saturated rings. The molecule has 1 N–H and O–H groups in total. The van der Waals surface area contributed by atoms with Gasteiger partial charge in [-0.25, -0.2) is 14.7 Å². The van der Waals surface area contributed by atoms with Crippen LogP contribution in [0.2, 0.25) is 0 Å². The van der Waals surface area contributed by atoms with Gasteiger partial charge in [-0.2, -0.15) is 0 Å². The second kappa shape index (κ2) is 3.93. The summed E-state index contributed by atoms with van der Waals surface area (Å²) in [5.41, 5.74) is -0.195. The summed E-state index contributed by atoms with van der Waals surface area (Å²) in [6.45, 7) is 1.94.